The van der Waals surface area contributed by atoms with Gasteiger partial charge in [0, 0.05) is 6.04 Å². The zero-order valence-corrected chi connectivity index (χ0v) is 9.72. The van der Waals surface area contributed by atoms with Crippen LogP contribution in [0.1, 0.15) is 19.8 Å². The molecule has 2 atom stereocenters. The number of hydrogen-bond acceptors (Lipinski definition) is 6. The van der Waals surface area contributed by atoms with Crippen LogP contribution in [-0.2, 0) is 0 Å². The number of nitrogens with zero attached hydrogens (tertiary/aromatic N) is 2. The molecule has 0 aromatic carbocycles. The Morgan fingerprint density at radius 3 is 3.00 bits per heavy atom. The summed E-state index contributed by atoms with van der Waals surface area (Å²) in [5.74, 6) is 0. The van der Waals surface area contributed by atoms with Crippen molar-refractivity contribution >= 4 is 23.1 Å². The topological polar surface area (TPSA) is 72.0 Å². The van der Waals surface area contributed by atoms with E-state index in [-0.39, 0.29) is 17.9 Å². The van der Waals surface area contributed by atoms with Crippen molar-refractivity contribution in [2.75, 3.05) is 6.61 Å². The Labute approximate surface area is 91.9 Å². The van der Waals surface area contributed by atoms with Crippen LogP contribution in [0.25, 0.3) is 0 Å². The predicted octanol–water partition coefficient (Wildman–Crippen LogP) is 1.12. The summed E-state index contributed by atoms with van der Waals surface area (Å²) in [5, 5.41) is 16.9. The standard InChI is InChI=1S/C8H15N3OS2/c1-2-3-6(9)7(4-12)14-8-11-10-5-13-8/h5-7,12H,2-4,9H2,1H3. The molecular formula is C8H15N3OS2. The van der Waals surface area contributed by atoms with E-state index in [1.54, 1.807) is 5.51 Å². The summed E-state index contributed by atoms with van der Waals surface area (Å²) >= 11 is 2.99. The molecule has 0 saturated heterocycles. The number of rotatable bonds is 6. The number of hydrogen-bond donors (Lipinski definition) is 2. The van der Waals surface area contributed by atoms with Crippen molar-refractivity contribution in [2.24, 2.45) is 5.73 Å². The third-order valence-electron chi connectivity index (χ3n) is 1.87. The summed E-state index contributed by atoms with van der Waals surface area (Å²) in [6.07, 6.45) is 1.96. The number of aromatic nitrogens is 2. The van der Waals surface area contributed by atoms with Gasteiger partial charge in [0.05, 0.1) is 11.9 Å². The van der Waals surface area contributed by atoms with Gasteiger partial charge in [0.1, 0.15) is 5.51 Å². The summed E-state index contributed by atoms with van der Waals surface area (Å²) < 4.78 is 0.871. The van der Waals surface area contributed by atoms with E-state index in [0.717, 1.165) is 17.2 Å². The molecule has 0 bridgehead atoms. The minimum atomic E-state index is 0.0268. The van der Waals surface area contributed by atoms with Crippen LogP contribution in [0.4, 0.5) is 0 Å². The first kappa shape index (κ1) is 11.9. The highest BCUT2D eigenvalue weighted by molar-refractivity contribution is 8.01. The average Bonchev–Trinajstić information content (AvgIpc) is 2.66. The Balaban J connectivity index is 2.46. The van der Waals surface area contributed by atoms with Gasteiger partial charge in [0.15, 0.2) is 4.34 Å². The molecule has 4 nitrogen and oxygen atoms in total. The summed E-state index contributed by atoms with van der Waals surface area (Å²) in [7, 11) is 0. The second kappa shape index (κ2) is 6.34. The van der Waals surface area contributed by atoms with Crippen molar-refractivity contribution in [3.05, 3.63) is 5.51 Å². The molecule has 0 aliphatic heterocycles. The zero-order valence-electron chi connectivity index (χ0n) is 8.09. The summed E-state index contributed by atoms with van der Waals surface area (Å²) in [4.78, 5) is 0. The van der Waals surface area contributed by atoms with Crippen molar-refractivity contribution in [3.8, 4) is 0 Å². The highest BCUT2D eigenvalue weighted by atomic mass is 32.2. The highest BCUT2D eigenvalue weighted by Crippen LogP contribution is 2.26. The maximum atomic E-state index is 9.18. The van der Waals surface area contributed by atoms with E-state index in [9.17, 15) is 5.11 Å². The predicted molar refractivity (Wildman–Crippen MR) is 59.5 cm³/mol. The smallest absolute Gasteiger partial charge is 0.174 e. The summed E-state index contributed by atoms with van der Waals surface area (Å²) in [5.41, 5.74) is 7.61. The van der Waals surface area contributed by atoms with Gasteiger partial charge in [-0.25, -0.2) is 0 Å². The van der Waals surface area contributed by atoms with Crippen molar-refractivity contribution in [2.45, 2.75) is 35.4 Å². The minimum Gasteiger partial charge on any atom is -0.395 e. The van der Waals surface area contributed by atoms with E-state index < -0.39 is 0 Å². The van der Waals surface area contributed by atoms with E-state index in [2.05, 4.69) is 17.1 Å². The Morgan fingerprint density at radius 1 is 1.71 bits per heavy atom. The van der Waals surface area contributed by atoms with E-state index >= 15 is 0 Å². The molecule has 0 radical (unpaired) electrons. The third kappa shape index (κ3) is 3.53. The molecule has 0 aliphatic rings. The molecule has 1 rings (SSSR count). The lowest BCUT2D eigenvalue weighted by molar-refractivity contribution is 0.279. The fraction of sp³-hybridized carbons (Fsp3) is 0.750. The summed E-state index contributed by atoms with van der Waals surface area (Å²) in [6, 6.07) is 0.0268. The molecule has 0 aliphatic carbocycles. The fourth-order valence-corrected chi connectivity index (χ4v) is 2.86. The maximum absolute atomic E-state index is 9.18. The molecule has 2 unspecified atom stereocenters. The molecule has 0 amide bonds. The van der Waals surface area contributed by atoms with Gasteiger partial charge in [0.25, 0.3) is 0 Å². The monoisotopic (exact) mass is 233 g/mol. The molecule has 3 N–H and O–H groups in total. The highest BCUT2D eigenvalue weighted by Gasteiger charge is 2.18. The van der Waals surface area contributed by atoms with Crippen LogP contribution in [0.2, 0.25) is 0 Å². The summed E-state index contributed by atoms with van der Waals surface area (Å²) in [6.45, 7) is 2.18. The van der Waals surface area contributed by atoms with Gasteiger partial charge >= 0.3 is 0 Å². The zero-order chi connectivity index (χ0) is 10.4. The molecule has 14 heavy (non-hydrogen) atoms. The first-order valence-electron chi connectivity index (χ1n) is 4.57. The van der Waals surface area contributed by atoms with Gasteiger partial charge in [-0.2, -0.15) is 0 Å². The van der Waals surface area contributed by atoms with Gasteiger partial charge in [-0.15, -0.1) is 10.2 Å². The minimum absolute atomic E-state index is 0.0268. The maximum Gasteiger partial charge on any atom is 0.174 e. The first-order valence-corrected chi connectivity index (χ1v) is 6.33. The molecule has 0 fully saturated rings. The molecule has 6 heteroatoms. The number of nitrogens with two attached hydrogens (primary N) is 1. The van der Waals surface area contributed by atoms with Crippen molar-refractivity contribution < 1.29 is 5.11 Å². The van der Waals surface area contributed by atoms with E-state index in [4.69, 9.17) is 5.73 Å². The van der Waals surface area contributed by atoms with Crippen LogP contribution in [-0.4, -0.2) is 33.2 Å². The second-order valence-electron chi connectivity index (χ2n) is 3.00. The molecular weight excluding hydrogens is 218 g/mol. The van der Waals surface area contributed by atoms with Crippen LogP contribution in [0.5, 0.6) is 0 Å². The Morgan fingerprint density at radius 2 is 2.50 bits per heavy atom. The lowest BCUT2D eigenvalue weighted by Crippen LogP contribution is -2.34. The molecule has 80 valence electrons. The number of aliphatic hydroxyl groups is 1. The molecule has 0 spiro atoms. The van der Waals surface area contributed by atoms with Crippen LogP contribution in [0.15, 0.2) is 9.85 Å². The Bertz CT molecular complexity index is 243. The SMILES string of the molecule is CCCC(N)C(CO)Sc1nncs1. The second-order valence-corrected chi connectivity index (χ2v) is 5.32. The molecule has 1 aromatic rings. The van der Waals surface area contributed by atoms with Crippen LogP contribution in [0, 0.1) is 0 Å². The molecule has 0 saturated carbocycles. The van der Waals surface area contributed by atoms with Crippen molar-refractivity contribution in [3.63, 3.8) is 0 Å². The number of thioether (sulfide) groups is 1. The van der Waals surface area contributed by atoms with Crippen LogP contribution >= 0.6 is 23.1 Å². The van der Waals surface area contributed by atoms with E-state index in [1.807, 2.05) is 0 Å². The van der Waals surface area contributed by atoms with Gasteiger partial charge in [-0.05, 0) is 6.42 Å². The Kier molecular flexibility index (Phi) is 5.39. The Hall–Kier alpha value is -0.170. The van der Waals surface area contributed by atoms with Gasteiger partial charge in [-0.1, -0.05) is 36.4 Å². The van der Waals surface area contributed by atoms with Crippen molar-refractivity contribution in [1.29, 1.82) is 0 Å². The average molecular weight is 233 g/mol. The largest absolute Gasteiger partial charge is 0.395 e. The fourth-order valence-electron chi connectivity index (χ4n) is 1.12. The van der Waals surface area contributed by atoms with Gasteiger partial charge < -0.3 is 10.8 Å². The van der Waals surface area contributed by atoms with E-state index in [1.165, 1.54) is 23.1 Å². The van der Waals surface area contributed by atoms with Gasteiger partial charge in [-0.3, -0.25) is 0 Å². The van der Waals surface area contributed by atoms with Crippen LogP contribution in [0.3, 0.4) is 0 Å². The molecule has 1 aromatic heterocycles. The van der Waals surface area contributed by atoms with Gasteiger partial charge in [0.2, 0.25) is 0 Å². The lowest BCUT2D eigenvalue weighted by atomic mass is 10.1. The normalized spacial score (nSPS) is 15.4. The first-order chi connectivity index (χ1) is 6.77. The third-order valence-corrected chi connectivity index (χ3v) is 4.02. The lowest BCUT2D eigenvalue weighted by Gasteiger charge is -2.19. The van der Waals surface area contributed by atoms with Crippen molar-refractivity contribution in [1.82, 2.24) is 10.2 Å². The number of aliphatic hydroxyl groups excluding tert-OH is 1. The quantitative estimate of drug-likeness (QED) is 0.720. The van der Waals surface area contributed by atoms with Crippen LogP contribution < -0.4 is 5.73 Å². The van der Waals surface area contributed by atoms with E-state index in [0.29, 0.717) is 0 Å². The molecule has 1 heterocycles.